The highest BCUT2D eigenvalue weighted by Gasteiger charge is 2.28. The Kier molecular flexibility index (Phi) is 10.4. The lowest BCUT2D eigenvalue weighted by Crippen LogP contribution is -2.27. The lowest BCUT2D eigenvalue weighted by molar-refractivity contribution is -0.121. The minimum Gasteiger partial charge on any atom is -0.392 e. The fourth-order valence-electron chi connectivity index (χ4n) is 5.45. The van der Waals surface area contributed by atoms with Gasteiger partial charge < -0.3 is 10.4 Å². The van der Waals surface area contributed by atoms with Crippen molar-refractivity contribution in [3.8, 4) is 0 Å². The summed E-state index contributed by atoms with van der Waals surface area (Å²) in [4.78, 5) is 12.9. The van der Waals surface area contributed by atoms with Crippen molar-refractivity contribution in [2.75, 3.05) is 5.32 Å². The SMILES string of the molecule is CCc1cc(Cl)c(CC2CCCC(C(C)C(=O)Nc3ccc(F)c(Cl)c3)CCCC2C)c(CO)c1. The third-order valence-electron chi connectivity index (χ3n) is 7.89. The van der Waals surface area contributed by atoms with Crippen LogP contribution in [-0.2, 0) is 24.2 Å². The number of aliphatic hydroxyl groups is 1. The number of nitrogens with one attached hydrogen (secondary N) is 1. The zero-order valence-electron chi connectivity index (χ0n) is 21.0. The molecule has 2 N–H and O–H groups in total. The van der Waals surface area contributed by atoms with Crippen molar-refractivity contribution in [3.63, 3.8) is 0 Å². The van der Waals surface area contributed by atoms with Gasteiger partial charge in [0.25, 0.3) is 0 Å². The van der Waals surface area contributed by atoms with Gasteiger partial charge in [-0.1, -0.05) is 69.3 Å². The van der Waals surface area contributed by atoms with Gasteiger partial charge in [-0.05, 0) is 90.8 Å². The van der Waals surface area contributed by atoms with Gasteiger partial charge in [0.1, 0.15) is 5.82 Å². The van der Waals surface area contributed by atoms with Crippen LogP contribution in [0.4, 0.5) is 10.1 Å². The van der Waals surface area contributed by atoms with Crippen LogP contribution in [0.2, 0.25) is 10.0 Å². The smallest absolute Gasteiger partial charge is 0.227 e. The largest absolute Gasteiger partial charge is 0.392 e. The van der Waals surface area contributed by atoms with Crippen LogP contribution in [0.5, 0.6) is 0 Å². The van der Waals surface area contributed by atoms with Gasteiger partial charge in [0.15, 0.2) is 0 Å². The van der Waals surface area contributed by atoms with Crippen molar-refractivity contribution in [3.05, 3.63) is 62.9 Å². The van der Waals surface area contributed by atoms with E-state index in [1.165, 1.54) is 12.1 Å². The van der Waals surface area contributed by atoms with Crippen LogP contribution in [0, 0.1) is 29.5 Å². The van der Waals surface area contributed by atoms with Crippen LogP contribution < -0.4 is 5.32 Å². The van der Waals surface area contributed by atoms with Crippen LogP contribution in [0.3, 0.4) is 0 Å². The molecule has 3 nitrogen and oxygen atoms in total. The molecule has 3 rings (SSSR count). The van der Waals surface area contributed by atoms with Gasteiger partial charge in [-0.2, -0.15) is 0 Å². The fraction of sp³-hybridized carbons (Fsp3) is 0.552. The Balaban J connectivity index is 1.64. The van der Waals surface area contributed by atoms with Crippen LogP contribution in [0.15, 0.2) is 30.3 Å². The lowest BCUT2D eigenvalue weighted by atomic mass is 9.81. The van der Waals surface area contributed by atoms with Gasteiger partial charge in [-0.3, -0.25) is 4.79 Å². The molecule has 192 valence electrons. The summed E-state index contributed by atoms with van der Waals surface area (Å²) in [7, 11) is 0. The van der Waals surface area contributed by atoms with Gasteiger partial charge >= 0.3 is 0 Å². The van der Waals surface area contributed by atoms with Crippen molar-refractivity contribution < 1.29 is 14.3 Å². The Labute approximate surface area is 219 Å². The van der Waals surface area contributed by atoms with Crippen molar-refractivity contribution in [1.82, 2.24) is 0 Å². The molecule has 1 amide bonds. The number of halogens is 3. The molecule has 1 aliphatic carbocycles. The molecular formula is C29H38Cl2FNO2. The van der Waals surface area contributed by atoms with Crippen LogP contribution in [-0.4, -0.2) is 11.0 Å². The maximum Gasteiger partial charge on any atom is 0.227 e. The summed E-state index contributed by atoms with van der Waals surface area (Å²) in [6.45, 7) is 6.43. The summed E-state index contributed by atoms with van der Waals surface area (Å²) in [5, 5.41) is 13.6. The minimum absolute atomic E-state index is 0.00622. The van der Waals surface area contributed by atoms with E-state index in [9.17, 15) is 14.3 Å². The second-order valence-electron chi connectivity index (χ2n) is 10.2. The highest BCUT2D eigenvalue weighted by Crippen LogP contribution is 2.36. The fourth-order valence-corrected chi connectivity index (χ4v) is 5.97. The summed E-state index contributed by atoms with van der Waals surface area (Å²) in [6.07, 6.45) is 8.12. The third kappa shape index (κ3) is 7.44. The molecule has 2 aromatic rings. The Bertz CT molecular complexity index is 1010. The first-order chi connectivity index (χ1) is 16.7. The second kappa shape index (κ2) is 13.1. The maximum absolute atomic E-state index is 13.4. The predicted octanol–water partition coefficient (Wildman–Crippen LogP) is 8.23. The normalized spacial score (nSPS) is 22.1. The first kappa shape index (κ1) is 28.0. The van der Waals surface area contributed by atoms with E-state index in [-0.39, 0.29) is 23.5 Å². The molecule has 4 unspecified atom stereocenters. The van der Waals surface area contributed by atoms with Gasteiger partial charge in [-0.25, -0.2) is 4.39 Å². The lowest BCUT2D eigenvalue weighted by Gasteiger charge is -2.25. The van der Waals surface area contributed by atoms with Gasteiger partial charge in [0.05, 0.1) is 11.6 Å². The minimum atomic E-state index is -0.494. The van der Waals surface area contributed by atoms with E-state index in [1.54, 1.807) is 6.07 Å². The van der Waals surface area contributed by atoms with Crippen molar-refractivity contribution in [1.29, 1.82) is 0 Å². The van der Waals surface area contributed by atoms with E-state index in [4.69, 9.17) is 23.2 Å². The summed E-state index contributed by atoms with van der Waals surface area (Å²) >= 11 is 12.5. The number of carbonyl (C=O) groups is 1. The zero-order valence-corrected chi connectivity index (χ0v) is 22.6. The molecule has 0 bridgehead atoms. The van der Waals surface area contributed by atoms with E-state index >= 15 is 0 Å². The van der Waals surface area contributed by atoms with Crippen LogP contribution >= 0.6 is 23.2 Å². The average molecular weight is 523 g/mol. The van der Waals surface area contributed by atoms with Crippen LogP contribution in [0.25, 0.3) is 0 Å². The van der Waals surface area contributed by atoms with Gasteiger partial charge in [0.2, 0.25) is 5.91 Å². The molecule has 0 aliphatic heterocycles. The Morgan fingerprint density at radius 3 is 2.49 bits per heavy atom. The molecule has 1 aliphatic rings. The molecule has 2 aromatic carbocycles. The molecule has 35 heavy (non-hydrogen) atoms. The van der Waals surface area contributed by atoms with Crippen molar-refractivity contribution in [2.45, 2.75) is 78.7 Å². The molecule has 0 radical (unpaired) electrons. The second-order valence-corrected chi connectivity index (χ2v) is 11.0. The van der Waals surface area contributed by atoms with Crippen molar-refractivity contribution >= 4 is 34.8 Å². The monoisotopic (exact) mass is 521 g/mol. The number of hydrogen-bond donors (Lipinski definition) is 2. The Morgan fingerprint density at radius 1 is 1.11 bits per heavy atom. The summed E-state index contributed by atoms with van der Waals surface area (Å²) in [5.41, 5.74) is 3.72. The summed E-state index contributed by atoms with van der Waals surface area (Å²) < 4.78 is 13.4. The maximum atomic E-state index is 13.4. The molecule has 0 heterocycles. The molecular weight excluding hydrogens is 484 g/mol. The highest BCUT2D eigenvalue weighted by molar-refractivity contribution is 6.31. The number of carbonyl (C=O) groups excluding carboxylic acids is 1. The molecule has 4 atom stereocenters. The number of anilines is 1. The average Bonchev–Trinajstić information content (AvgIpc) is 2.92. The number of aryl methyl sites for hydroxylation is 1. The Hall–Kier alpha value is -1.62. The highest BCUT2D eigenvalue weighted by atomic mass is 35.5. The van der Waals surface area contributed by atoms with Crippen molar-refractivity contribution in [2.24, 2.45) is 23.7 Å². The molecule has 1 saturated carbocycles. The van der Waals surface area contributed by atoms with E-state index in [1.807, 2.05) is 13.0 Å². The number of rotatable bonds is 7. The van der Waals surface area contributed by atoms with Gasteiger partial charge in [0, 0.05) is 16.6 Å². The quantitative estimate of drug-likeness (QED) is 0.385. The van der Waals surface area contributed by atoms with Crippen LogP contribution in [0.1, 0.15) is 76.0 Å². The molecule has 6 heteroatoms. The van der Waals surface area contributed by atoms with E-state index in [0.717, 1.165) is 73.1 Å². The molecule has 0 spiro atoms. The standard InChI is InChI=1S/C29H38Cl2FNO2/c1-4-20-13-23(17-34)25(26(30)14-20)15-22-10-6-9-21(8-5-7-18(22)2)19(3)29(35)33-24-11-12-28(32)27(31)16-24/h11-14,16,18-19,21-22,34H,4-10,15,17H2,1-3H3,(H,33,35). The number of aliphatic hydroxyl groups excluding tert-OH is 1. The summed E-state index contributed by atoms with van der Waals surface area (Å²) in [6, 6.07) is 8.40. The summed E-state index contributed by atoms with van der Waals surface area (Å²) in [5.74, 6) is 0.672. The van der Waals surface area contributed by atoms with Gasteiger partial charge in [-0.15, -0.1) is 0 Å². The molecule has 0 aromatic heterocycles. The van der Waals surface area contributed by atoms with E-state index in [0.29, 0.717) is 23.4 Å². The number of amides is 1. The Morgan fingerprint density at radius 2 is 1.83 bits per heavy atom. The predicted molar refractivity (Wildman–Crippen MR) is 144 cm³/mol. The topological polar surface area (TPSA) is 49.3 Å². The first-order valence-electron chi connectivity index (χ1n) is 12.9. The van der Waals surface area contributed by atoms with E-state index < -0.39 is 5.82 Å². The number of benzene rings is 2. The zero-order chi connectivity index (χ0) is 25.5. The van der Waals surface area contributed by atoms with E-state index in [2.05, 4.69) is 25.2 Å². The molecule has 1 fully saturated rings. The third-order valence-corrected chi connectivity index (χ3v) is 8.52. The molecule has 0 saturated heterocycles. The first-order valence-corrected chi connectivity index (χ1v) is 13.7. The number of hydrogen-bond acceptors (Lipinski definition) is 2.